The summed E-state index contributed by atoms with van der Waals surface area (Å²) in [5, 5.41) is 13.8. The number of carbonyl (C=O) groups excluding carboxylic acids is 1. The number of likely N-dealkylation sites (N-methyl/N-ethyl adjacent to an activating group) is 1. The number of carbonyl (C=O) groups is 1. The van der Waals surface area contributed by atoms with Crippen LogP contribution < -0.4 is 5.32 Å². The highest BCUT2D eigenvalue weighted by molar-refractivity contribution is 7.47. The minimum atomic E-state index is -4.35. The van der Waals surface area contributed by atoms with Gasteiger partial charge in [-0.3, -0.25) is 13.8 Å². The fraction of sp³-hybridized carbons (Fsp3) is 0.771. The van der Waals surface area contributed by atoms with E-state index >= 15 is 0 Å². The van der Waals surface area contributed by atoms with Gasteiger partial charge in [-0.15, -0.1) is 0 Å². The normalized spacial score (nSPS) is 14.9. The highest BCUT2D eigenvalue weighted by Crippen LogP contribution is 2.43. The summed E-state index contributed by atoms with van der Waals surface area (Å²) in [7, 11) is 1.53. The second-order valence-electron chi connectivity index (χ2n) is 16.8. The van der Waals surface area contributed by atoms with Gasteiger partial charge in [-0.05, 0) is 70.6 Å². The molecule has 0 aromatic rings. The van der Waals surface area contributed by atoms with Gasteiger partial charge in [0.2, 0.25) is 5.91 Å². The van der Waals surface area contributed by atoms with Crippen LogP contribution in [0, 0.1) is 0 Å². The van der Waals surface area contributed by atoms with Crippen molar-refractivity contribution in [1.82, 2.24) is 5.32 Å². The summed E-state index contributed by atoms with van der Waals surface area (Å²) in [5.41, 5.74) is 0. The summed E-state index contributed by atoms with van der Waals surface area (Å²) in [6.07, 6.45) is 51.6. The van der Waals surface area contributed by atoms with Crippen molar-refractivity contribution in [3.05, 3.63) is 60.8 Å². The number of unbranched alkanes of at least 4 members (excludes halogenated alkanes) is 20. The number of hydrogen-bond donors (Lipinski definition) is 3. The topological polar surface area (TPSA) is 105 Å². The van der Waals surface area contributed by atoms with Crippen LogP contribution >= 0.6 is 7.82 Å². The summed E-state index contributed by atoms with van der Waals surface area (Å²) < 4.78 is 23.5. The monoisotopic (exact) mass is 822 g/mol. The van der Waals surface area contributed by atoms with Crippen LogP contribution in [-0.4, -0.2) is 73.4 Å². The quantitative estimate of drug-likeness (QED) is 0.0245. The van der Waals surface area contributed by atoms with Gasteiger partial charge in [0, 0.05) is 6.42 Å². The zero-order chi connectivity index (χ0) is 42.1. The number of amides is 1. The number of nitrogens with one attached hydrogen (secondary N) is 1. The molecule has 0 aliphatic rings. The molecule has 0 fully saturated rings. The van der Waals surface area contributed by atoms with Crippen LogP contribution in [0.4, 0.5) is 0 Å². The Morgan fingerprint density at radius 1 is 0.596 bits per heavy atom. The Morgan fingerprint density at radius 2 is 1.04 bits per heavy atom. The Kier molecular flexibility index (Phi) is 38.4. The molecule has 3 atom stereocenters. The van der Waals surface area contributed by atoms with E-state index in [0.29, 0.717) is 17.4 Å². The van der Waals surface area contributed by atoms with E-state index < -0.39 is 20.0 Å². The van der Waals surface area contributed by atoms with E-state index in [1.54, 1.807) is 6.08 Å². The summed E-state index contributed by atoms with van der Waals surface area (Å²) >= 11 is 0. The molecule has 1 amide bonds. The SMILES string of the molecule is CCCC/C=C/CC/C=C/CC/C=C/C(O)C(COP(=O)(O)OCC[N+](C)(C)C)NC(=O)CCCCCCCCC/C=C\C/C=C\CCCCCCCCCCC. The molecule has 0 rings (SSSR count). The Labute approximate surface area is 351 Å². The van der Waals surface area contributed by atoms with E-state index in [9.17, 15) is 19.4 Å². The molecule has 332 valence electrons. The van der Waals surface area contributed by atoms with Crippen molar-refractivity contribution in [3.63, 3.8) is 0 Å². The molecule has 0 bridgehead atoms. The van der Waals surface area contributed by atoms with Gasteiger partial charge < -0.3 is 19.8 Å². The summed E-state index contributed by atoms with van der Waals surface area (Å²) in [6, 6.07) is -0.874. The molecule has 0 saturated carbocycles. The van der Waals surface area contributed by atoms with E-state index in [-0.39, 0.29) is 19.1 Å². The molecule has 8 nitrogen and oxygen atoms in total. The van der Waals surface area contributed by atoms with Crippen molar-refractivity contribution in [2.24, 2.45) is 0 Å². The number of hydrogen-bond acceptors (Lipinski definition) is 5. The highest BCUT2D eigenvalue weighted by Gasteiger charge is 2.27. The summed E-state index contributed by atoms with van der Waals surface area (Å²) in [4.78, 5) is 23.1. The van der Waals surface area contributed by atoms with Crippen molar-refractivity contribution in [2.45, 2.75) is 199 Å². The number of quaternary nitrogens is 1. The van der Waals surface area contributed by atoms with Crippen LogP contribution in [0.3, 0.4) is 0 Å². The summed E-state index contributed by atoms with van der Waals surface area (Å²) in [5.74, 6) is -0.202. The molecule has 0 radical (unpaired) electrons. The molecule has 9 heteroatoms. The standard InChI is InChI=1S/C48H89N2O6P/c1-6-8-10-12-14-16-18-20-21-22-23-24-25-26-27-28-29-30-32-34-36-38-40-42-48(52)49-46(45-56-57(53,54)55-44-43-50(3,4)5)47(51)41-39-37-35-33-31-19-17-15-13-11-9-7-2/h13,15,23-24,26-27,31,33,39,41,46-47,51H,6-12,14,16-22,25,28-30,32,34-38,40,42-45H2,1-5H3,(H-,49,52,53,54)/p+1/b15-13+,24-23-,27-26-,33-31+,41-39+. The minimum absolute atomic E-state index is 0.0494. The average Bonchev–Trinajstić information content (AvgIpc) is 3.16. The Hall–Kier alpha value is -1.80. The van der Waals surface area contributed by atoms with Gasteiger partial charge in [-0.25, -0.2) is 4.57 Å². The van der Waals surface area contributed by atoms with Gasteiger partial charge in [-0.1, -0.05) is 171 Å². The molecule has 57 heavy (non-hydrogen) atoms. The van der Waals surface area contributed by atoms with E-state index in [1.807, 2.05) is 27.2 Å². The number of aliphatic hydroxyl groups excluding tert-OH is 1. The van der Waals surface area contributed by atoms with Gasteiger partial charge >= 0.3 is 7.82 Å². The number of allylic oxidation sites excluding steroid dienone is 9. The number of nitrogens with zero attached hydrogens (tertiary/aromatic N) is 1. The number of phosphoric acid groups is 1. The molecule has 0 saturated heterocycles. The zero-order valence-corrected chi connectivity index (χ0v) is 38.5. The molecule has 0 aromatic heterocycles. The lowest BCUT2D eigenvalue weighted by atomic mass is 10.1. The van der Waals surface area contributed by atoms with Crippen molar-refractivity contribution < 1.29 is 32.9 Å². The Morgan fingerprint density at radius 3 is 1.56 bits per heavy atom. The lowest BCUT2D eigenvalue weighted by Gasteiger charge is -2.25. The van der Waals surface area contributed by atoms with Crippen LogP contribution in [0.5, 0.6) is 0 Å². The van der Waals surface area contributed by atoms with E-state index in [1.165, 1.54) is 96.3 Å². The van der Waals surface area contributed by atoms with Crippen LogP contribution in [0.15, 0.2) is 60.8 Å². The molecule has 0 aliphatic heterocycles. The van der Waals surface area contributed by atoms with Gasteiger partial charge in [0.25, 0.3) is 0 Å². The third kappa shape index (κ3) is 42.1. The molecule has 0 heterocycles. The third-order valence-corrected chi connectivity index (χ3v) is 10.9. The Balaban J connectivity index is 4.36. The summed E-state index contributed by atoms with van der Waals surface area (Å²) in [6.45, 7) is 4.71. The van der Waals surface area contributed by atoms with Crippen LogP contribution in [0.1, 0.15) is 187 Å². The maximum absolute atomic E-state index is 12.9. The molecular weight excluding hydrogens is 732 g/mol. The second-order valence-corrected chi connectivity index (χ2v) is 18.2. The minimum Gasteiger partial charge on any atom is -0.387 e. The van der Waals surface area contributed by atoms with E-state index in [0.717, 1.165) is 70.6 Å². The largest absolute Gasteiger partial charge is 0.472 e. The van der Waals surface area contributed by atoms with Crippen molar-refractivity contribution in [3.8, 4) is 0 Å². The fourth-order valence-corrected chi connectivity index (χ4v) is 6.94. The van der Waals surface area contributed by atoms with Crippen LogP contribution in [0.2, 0.25) is 0 Å². The van der Waals surface area contributed by atoms with Crippen molar-refractivity contribution in [1.29, 1.82) is 0 Å². The number of aliphatic hydroxyl groups is 1. The predicted octanol–water partition coefficient (Wildman–Crippen LogP) is 13.0. The number of phosphoric ester groups is 1. The highest BCUT2D eigenvalue weighted by atomic mass is 31.2. The fourth-order valence-electron chi connectivity index (χ4n) is 6.21. The van der Waals surface area contributed by atoms with Crippen molar-refractivity contribution >= 4 is 13.7 Å². The van der Waals surface area contributed by atoms with Gasteiger partial charge in [0.05, 0.1) is 39.9 Å². The molecule has 0 aromatic carbocycles. The number of rotatable bonds is 41. The lowest BCUT2D eigenvalue weighted by Crippen LogP contribution is -2.45. The van der Waals surface area contributed by atoms with E-state index in [2.05, 4.69) is 67.8 Å². The van der Waals surface area contributed by atoms with Crippen molar-refractivity contribution in [2.75, 3.05) is 40.9 Å². The lowest BCUT2D eigenvalue weighted by molar-refractivity contribution is -0.870. The first-order chi connectivity index (χ1) is 27.5. The van der Waals surface area contributed by atoms with Crippen LogP contribution in [-0.2, 0) is 18.4 Å². The molecule has 3 unspecified atom stereocenters. The molecular formula is C48H90N2O6P+. The van der Waals surface area contributed by atoms with Gasteiger partial charge in [-0.2, -0.15) is 0 Å². The maximum Gasteiger partial charge on any atom is 0.472 e. The Bertz CT molecular complexity index is 1110. The van der Waals surface area contributed by atoms with Crippen LogP contribution in [0.25, 0.3) is 0 Å². The third-order valence-electron chi connectivity index (χ3n) is 9.94. The first-order valence-corrected chi connectivity index (χ1v) is 24.7. The smallest absolute Gasteiger partial charge is 0.387 e. The van der Waals surface area contributed by atoms with E-state index in [4.69, 9.17) is 9.05 Å². The van der Waals surface area contributed by atoms with Gasteiger partial charge in [0.1, 0.15) is 13.2 Å². The molecule has 0 spiro atoms. The molecule has 0 aliphatic carbocycles. The second kappa shape index (κ2) is 39.6. The van der Waals surface area contributed by atoms with Gasteiger partial charge in [0.15, 0.2) is 0 Å². The first-order valence-electron chi connectivity index (χ1n) is 23.2. The zero-order valence-electron chi connectivity index (χ0n) is 37.6. The maximum atomic E-state index is 12.9. The first kappa shape index (κ1) is 55.2. The molecule has 3 N–H and O–H groups in total. The average molecular weight is 822 g/mol. The predicted molar refractivity (Wildman–Crippen MR) is 244 cm³/mol.